The number of amides is 1. The topological polar surface area (TPSA) is 47.6 Å². The first-order valence-electron chi connectivity index (χ1n) is 8.66. The molecule has 1 heterocycles. The Balaban J connectivity index is 1.61. The molecule has 0 aromatic heterocycles. The van der Waals surface area contributed by atoms with Gasteiger partial charge >= 0.3 is 0 Å². The van der Waals surface area contributed by atoms with Crippen molar-refractivity contribution in [3.8, 4) is 11.5 Å². The molecule has 2 aromatic carbocycles. The predicted molar refractivity (Wildman–Crippen MR) is 106 cm³/mol. The average Bonchev–Trinajstić information content (AvgIpc) is 2.67. The van der Waals surface area contributed by atoms with Crippen LogP contribution in [-0.2, 0) is 4.79 Å². The minimum atomic E-state index is -0.128. The highest BCUT2D eigenvalue weighted by atomic mass is 32.2. The molecule has 0 saturated carbocycles. The molecule has 5 heteroatoms. The number of hydrogen-bond donors (Lipinski definition) is 1. The van der Waals surface area contributed by atoms with Crippen LogP contribution >= 0.6 is 11.8 Å². The zero-order chi connectivity index (χ0) is 18.4. The van der Waals surface area contributed by atoms with E-state index in [1.54, 1.807) is 7.11 Å². The van der Waals surface area contributed by atoms with Crippen LogP contribution in [0.25, 0.3) is 6.08 Å². The van der Waals surface area contributed by atoms with Gasteiger partial charge in [-0.3, -0.25) is 4.79 Å². The molecule has 0 fully saturated rings. The fraction of sp³-hybridized carbons (Fsp3) is 0.286. The van der Waals surface area contributed by atoms with Gasteiger partial charge in [-0.2, -0.15) is 0 Å². The summed E-state index contributed by atoms with van der Waals surface area (Å²) < 4.78 is 11.1. The van der Waals surface area contributed by atoms with Crippen LogP contribution in [0.1, 0.15) is 30.5 Å². The molecule has 1 aliphatic heterocycles. The largest absolute Gasteiger partial charge is 0.493 e. The van der Waals surface area contributed by atoms with Gasteiger partial charge in [-0.05, 0) is 42.7 Å². The third-order valence-corrected chi connectivity index (χ3v) is 5.32. The summed E-state index contributed by atoms with van der Waals surface area (Å²) in [6, 6.07) is 13.9. The van der Waals surface area contributed by atoms with Gasteiger partial charge < -0.3 is 14.8 Å². The lowest BCUT2D eigenvalue weighted by atomic mass is 10.0. The molecular formula is C21H23NO3S. The fourth-order valence-electron chi connectivity index (χ4n) is 2.97. The number of fused-ring (bicyclic) bond motifs is 1. The molecule has 3 rings (SSSR count). The molecule has 1 aliphatic rings. The average molecular weight is 369 g/mol. The highest BCUT2D eigenvalue weighted by molar-refractivity contribution is 7.99. The molecule has 26 heavy (non-hydrogen) atoms. The Kier molecular flexibility index (Phi) is 6.23. The molecule has 0 spiro atoms. The Morgan fingerprint density at radius 1 is 1.27 bits per heavy atom. The Morgan fingerprint density at radius 2 is 2.12 bits per heavy atom. The smallest absolute Gasteiger partial charge is 0.258 e. The lowest BCUT2D eigenvalue weighted by Gasteiger charge is -2.25. The van der Waals surface area contributed by atoms with E-state index in [-0.39, 0.29) is 18.6 Å². The zero-order valence-corrected chi connectivity index (χ0v) is 15.8. The number of rotatable bonds is 6. The van der Waals surface area contributed by atoms with Crippen LogP contribution in [0.4, 0.5) is 0 Å². The molecule has 1 amide bonds. The third-order valence-electron chi connectivity index (χ3n) is 4.20. The van der Waals surface area contributed by atoms with Crippen LogP contribution < -0.4 is 14.8 Å². The molecule has 4 nitrogen and oxygen atoms in total. The quantitative estimate of drug-likeness (QED) is 0.817. The SMILES string of the molecule is C/C=C/c1ccc(OCC(=O)N[C@H]2CCSc3ccccc32)c(OC)c1. The molecule has 0 radical (unpaired) electrons. The monoisotopic (exact) mass is 369 g/mol. The summed E-state index contributed by atoms with van der Waals surface area (Å²) in [6.07, 6.45) is 4.87. The summed E-state index contributed by atoms with van der Waals surface area (Å²) in [5.41, 5.74) is 2.21. The minimum Gasteiger partial charge on any atom is -0.493 e. The molecule has 1 atom stereocenters. The number of carbonyl (C=O) groups is 1. The number of allylic oxidation sites excluding steroid dienone is 1. The number of thioether (sulfide) groups is 1. The van der Waals surface area contributed by atoms with Gasteiger partial charge in [0.05, 0.1) is 13.2 Å². The standard InChI is InChI=1S/C21H23NO3S/c1-3-6-15-9-10-18(19(13-15)24-2)25-14-21(23)22-17-11-12-26-20-8-5-4-7-16(17)20/h3-10,13,17H,11-12,14H2,1-2H3,(H,22,23)/b6-3+/t17-/m0/s1. The molecular weight excluding hydrogens is 346 g/mol. The van der Waals surface area contributed by atoms with E-state index in [2.05, 4.69) is 17.4 Å². The van der Waals surface area contributed by atoms with Crippen molar-refractivity contribution in [1.29, 1.82) is 0 Å². The Labute approximate surface area is 158 Å². The van der Waals surface area contributed by atoms with Gasteiger partial charge in [-0.15, -0.1) is 11.8 Å². The van der Waals surface area contributed by atoms with Crippen molar-refractivity contribution in [3.63, 3.8) is 0 Å². The van der Waals surface area contributed by atoms with E-state index in [0.29, 0.717) is 11.5 Å². The van der Waals surface area contributed by atoms with Crippen LogP contribution in [0.5, 0.6) is 11.5 Å². The molecule has 1 N–H and O–H groups in total. The van der Waals surface area contributed by atoms with Gasteiger partial charge in [-0.1, -0.05) is 36.4 Å². The number of carbonyl (C=O) groups excluding carboxylic acids is 1. The molecule has 2 aromatic rings. The summed E-state index contributed by atoms with van der Waals surface area (Å²) in [7, 11) is 1.60. The van der Waals surface area contributed by atoms with Gasteiger partial charge in [0.25, 0.3) is 5.91 Å². The summed E-state index contributed by atoms with van der Waals surface area (Å²) in [4.78, 5) is 13.6. The van der Waals surface area contributed by atoms with Crippen molar-refractivity contribution < 1.29 is 14.3 Å². The minimum absolute atomic E-state index is 0.0366. The van der Waals surface area contributed by atoms with E-state index in [1.807, 2.05) is 61.2 Å². The molecule has 0 unspecified atom stereocenters. The molecule has 0 bridgehead atoms. The van der Waals surface area contributed by atoms with Crippen molar-refractivity contribution in [2.75, 3.05) is 19.5 Å². The Morgan fingerprint density at radius 3 is 2.92 bits per heavy atom. The maximum Gasteiger partial charge on any atom is 0.258 e. The molecule has 0 saturated heterocycles. The van der Waals surface area contributed by atoms with Crippen LogP contribution in [0.3, 0.4) is 0 Å². The van der Waals surface area contributed by atoms with E-state index in [1.165, 1.54) is 10.5 Å². The highest BCUT2D eigenvalue weighted by Crippen LogP contribution is 2.35. The predicted octanol–water partition coefficient (Wildman–Crippen LogP) is 4.46. The molecule has 136 valence electrons. The van der Waals surface area contributed by atoms with Crippen molar-refractivity contribution in [3.05, 3.63) is 59.7 Å². The van der Waals surface area contributed by atoms with Gasteiger partial charge in [0.1, 0.15) is 0 Å². The second-order valence-electron chi connectivity index (χ2n) is 5.99. The van der Waals surface area contributed by atoms with E-state index >= 15 is 0 Å². The van der Waals surface area contributed by atoms with Crippen LogP contribution in [0.2, 0.25) is 0 Å². The zero-order valence-electron chi connectivity index (χ0n) is 15.0. The van der Waals surface area contributed by atoms with E-state index in [4.69, 9.17) is 9.47 Å². The lowest BCUT2D eigenvalue weighted by Crippen LogP contribution is -2.34. The summed E-state index contributed by atoms with van der Waals surface area (Å²) in [5, 5.41) is 3.09. The summed E-state index contributed by atoms with van der Waals surface area (Å²) in [6.45, 7) is 1.92. The van der Waals surface area contributed by atoms with Crippen molar-refractivity contribution in [1.82, 2.24) is 5.32 Å². The Hall–Kier alpha value is -2.40. The van der Waals surface area contributed by atoms with E-state index in [0.717, 1.165) is 17.7 Å². The van der Waals surface area contributed by atoms with Crippen molar-refractivity contribution >= 4 is 23.7 Å². The highest BCUT2D eigenvalue weighted by Gasteiger charge is 2.22. The number of ether oxygens (including phenoxy) is 2. The third kappa shape index (κ3) is 4.41. The number of methoxy groups -OCH3 is 1. The fourth-order valence-corrected chi connectivity index (χ4v) is 4.10. The lowest BCUT2D eigenvalue weighted by molar-refractivity contribution is -0.123. The van der Waals surface area contributed by atoms with Crippen LogP contribution in [0, 0.1) is 0 Å². The first-order valence-corrected chi connectivity index (χ1v) is 9.64. The van der Waals surface area contributed by atoms with Crippen molar-refractivity contribution in [2.45, 2.75) is 24.3 Å². The number of hydrogen-bond acceptors (Lipinski definition) is 4. The maximum absolute atomic E-state index is 12.4. The first kappa shape index (κ1) is 18.4. The van der Waals surface area contributed by atoms with Crippen LogP contribution in [0.15, 0.2) is 53.4 Å². The summed E-state index contributed by atoms with van der Waals surface area (Å²) in [5.74, 6) is 2.06. The molecule has 0 aliphatic carbocycles. The summed E-state index contributed by atoms with van der Waals surface area (Å²) >= 11 is 1.84. The van der Waals surface area contributed by atoms with Crippen LogP contribution in [-0.4, -0.2) is 25.4 Å². The normalized spacial score (nSPS) is 16.2. The van der Waals surface area contributed by atoms with E-state index in [9.17, 15) is 4.79 Å². The van der Waals surface area contributed by atoms with E-state index < -0.39 is 0 Å². The van der Waals surface area contributed by atoms with Gasteiger partial charge in [0, 0.05) is 10.6 Å². The Bertz CT molecular complexity index is 804. The second kappa shape index (κ2) is 8.81. The first-order chi connectivity index (χ1) is 12.7. The second-order valence-corrected chi connectivity index (χ2v) is 7.13. The van der Waals surface area contributed by atoms with Gasteiger partial charge in [0.2, 0.25) is 0 Å². The van der Waals surface area contributed by atoms with Gasteiger partial charge in [-0.25, -0.2) is 0 Å². The maximum atomic E-state index is 12.4. The number of nitrogens with one attached hydrogen (secondary N) is 1. The van der Waals surface area contributed by atoms with Gasteiger partial charge in [0.15, 0.2) is 18.1 Å². The number of benzene rings is 2. The van der Waals surface area contributed by atoms with Crippen molar-refractivity contribution in [2.24, 2.45) is 0 Å².